The Labute approximate surface area is 107 Å². The van der Waals surface area contributed by atoms with E-state index in [1.165, 1.54) is 0 Å². The number of carbonyl (C=O) groups excluding carboxylic acids is 1. The fourth-order valence-corrected chi connectivity index (χ4v) is 2.47. The van der Waals surface area contributed by atoms with Crippen molar-refractivity contribution in [2.45, 2.75) is 13.8 Å². The Morgan fingerprint density at radius 1 is 1.44 bits per heavy atom. The SMILES string of the molecule is COc1cc(I)cc2c(C)c(C(C)=O)[nH]c12. The van der Waals surface area contributed by atoms with E-state index in [0.717, 1.165) is 25.8 Å². The summed E-state index contributed by atoms with van der Waals surface area (Å²) in [4.78, 5) is 14.6. The van der Waals surface area contributed by atoms with Crippen LogP contribution in [0.25, 0.3) is 10.9 Å². The quantitative estimate of drug-likeness (QED) is 0.679. The van der Waals surface area contributed by atoms with Gasteiger partial charge in [0.2, 0.25) is 0 Å². The van der Waals surface area contributed by atoms with E-state index in [2.05, 4.69) is 33.6 Å². The molecular weight excluding hydrogens is 317 g/mol. The fourth-order valence-electron chi connectivity index (χ4n) is 1.87. The second-order valence-corrected chi connectivity index (χ2v) is 4.96. The standard InChI is InChI=1S/C12H12INO2/c1-6-9-4-8(13)5-10(16-3)12(9)14-11(6)7(2)15/h4-5,14H,1-3H3. The third kappa shape index (κ3) is 1.71. The molecule has 2 aromatic rings. The van der Waals surface area contributed by atoms with Crippen LogP contribution in [0.2, 0.25) is 0 Å². The van der Waals surface area contributed by atoms with E-state index in [9.17, 15) is 4.79 Å². The van der Waals surface area contributed by atoms with Gasteiger partial charge in [0.1, 0.15) is 5.75 Å². The summed E-state index contributed by atoms with van der Waals surface area (Å²) < 4.78 is 6.41. The third-order valence-electron chi connectivity index (χ3n) is 2.67. The van der Waals surface area contributed by atoms with Crippen LogP contribution in [-0.2, 0) is 0 Å². The van der Waals surface area contributed by atoms with Crippen molar-refractivity contribution < 1.29 is 9.53 Å². The van der Waals surface area contributed by atoms with Gasteiger partial charge in [-0.2, -0.15) is 0 Å². The van der Waals surface area contributed by atoms with Crippen molar-refractivity contribution in [1.29, 1.82) is 0 Å². The number of aromatic amines is 1. The number of Topliss-reactive ketones (excluding diaryl/α,β-unsaturated/α-hetero) is 1. The summed E-state index contributed by atoms with van der Waals surface area (Å²) in [5.74, 6) is 0.822. The number of aryl methyl sites for hydroxylation is 1. The zero-order chi connectivity index (χ0) is 11.9. The van der Waals surface area contributed by atoms with Crippen molar-refractivity contribution >= 4 is 39.3 Å². The van der Waals surface area contributed by atoms with Crippen molar-refractivity contribution in [3.8, 4) is 5.75 Å². The summed E-state index contributed by atoms with van der Waals surface area (Å²) in [6.45, 7) is 3.51. The minimum Gasteiger partial charge on any atom is -0.495 e. The topological polar surface area (TPSA) is 42.1 Å². The minimum absolute atomic E-state index is 0.0470. The lowest BCUT2D eigenvalue weighted by molar-refractivity contribution is 0.101. The van der Waals surface area contributed by atoms with Gasteiger partial charge in [-0.1, -0.05) is 0 Å². The lowest BCUT2D eigenvalue weighted by atomic mass is 10.1. The van der Waals surface area contributed by atoms with Crippen LogP contribution in [0.15, 0.2) is 12.1 Å². The van der Waals surface area contributed by atoms with Crippen LogP contribution < -0.4 is 4.74 Å². The lowest BCUT2D eigenvalue weighted by Gasteiger charge is -2.02. The van der Waals surface area contributed by atoms with Crippen molar-refractivity contribution in [2.75, 3.05) is 7.11 Å². The average Bonchev–Trinajstić information content (AvgIpc) is 2.55. The highest BCUT2D eigenvalue weighted by molar-refractivity contribution is 14.1. The molecule has 0 aliphatic carbocycles. The molecule has 84 valence electrons. The molecule has 0 unspecified atom stereocenters. The molecular formula is C12H12INO2. The van der Waals surface area contributed by atoms with Crippen molar-refractivity contribution in [2.24, 2.45) is 0 Å². The molecule has 1 heterocycles. The Morgan fingerprint density at radius 2 is 2.12 bits per heavy atom. The van der Waals surface area contributed by atoms with E-state index in [1.807, 2.05) is 13.0 Å². The molecule has 0 radical (unpaired) electrons. The fraction of sp³-hybridized carbons (Fsp3) is 0.250. The Bertz CT molecular complexity index is 572. The van der Waals surface area contributed by atoms with Gasteiger partial charge >= 0.3 is 0 Å². The zero-order valence-electron chi connectivity index (χ0n) is 9.35. The highest BCUT2D eigenvalue weighted by atomic mass is 127. The first-order chi connectivity index (χ1) is 7.54. The number of methoxy groups -OCH3 is 1. The molecule has 0 aliphatic rings. The number of aromatic nitrogens is 1. The monoisotopic (exact) mass is 329 g/mol. The predicted molar refractivity (Wildman–Crippen MR) is 72.3 cm³/mol. The summed E-state index contributed by atoms with van der Waals surface area (Å²) in [6.07, 6.45) is 0. The molecule has 2 rings (SSSR count). The van der Waals surface area contributed by atoms with Gasteiger partial charge in [-0.25, -0.2) is 0 Å². The Hall–Kier alpha value is -1.04. The van der Waals surface area contributed by atoms with E-state index >= 15 is 0 Å². The minimum atomic E-state index is 0.0470. The zero-order valence-corrected chi connectivity index (χ0v) is 11.5. The molecule has 0 spiro atoms. The van der Waals surface area contributed by atoms with Crippen LogP contribution in [0.3, 0.4) is 0 Å². The largest absolute Gasteiger partial charge is 0.495 e. The van der Waals surface area contributed by atoms with E-state index < -0.39 is 0 Å². The molecule has 1 aromatic heterocycles. The normalized spacial score (nSPS) is 10.8. The Balaban J connectivity index is 2.85. The molecule has 0 saturated heterocycles. The molecule has 0 amide bonds. The van der Waals surface area contributed by atoms with Gasteiger partial charge in [-0.3, -0.25) is 4.79 Å². The van der Waals surface area contributed by atoms with Crippen LogP contribution in [0.1, 0.15) is 23.0 Å². The second-order valence-electron chi connectivity index (χ2n) is 3.71. The van der Waals surface area contributed by atoms with E-state index in [4.69, 9.17) is 4.74 Å². The van der Waals surface area contributed by atoms with Crippen LogP contribution >= 0.6 is 22.6 Å². The van der Waals surface area contributed by atoms with E-state index in [0.29, 0.717) is 5.69 Å². The molecule has 0 saturated carbocycles. The van der Waals surface area contributed by atoms with Gasteiger partial charge in [0.15, 0.2) is 5.78 Å². The molecule has 0 fully saturated rings. The number of fused-ring (bicyclic) bond motifs is 1. The average molecular weight is 329 g/mol. The number of nitrogens with one attached hydrogen (secondary N) is 1. The lowest BCUT2D eigenvalue weighted by Crippen LogP contribution is -1.93. The van der Waals surface area contributed by atoms with Gasteiger partial charge in [0.25, 0.3) is 0 Å². The van der Waals surface area contributed by atoms with E-state index in [1.54, 1.807) is 14.0 Å². The number of rotatable bonds is 2. The smallest absolute Gasteiger partial charge is 0.176 e. The van der Waals surface area contributed by atoms with Crippen molar-refractivity contribution in [3.63, 3.8) is 0 Å². The Kier molecular flexibility index (Phi) is 2.92. The molecule has 4 heteroatoms. The first-order valence-corrected chi connectivity index (χ1v) is 5.99. The van der Waals surface area contributed by atoms with Gasteiger partial charge < -0.3 is 9.72 Å². The number of halogens is 1. The molecule has 0 bridgehead atoms. The maximum Gasteiger partial charge on any atom is 0.176 e. The summed E-state index contributed by atoms with van der Waals surface area (Å²) in [5.41, 5.74) is 2.54. The molecule has 1 aromatic carbocycles. The predicted octanol–water partition coefficient (Wildman–Crippen LogP) is 3.29. The van der Waals surface area contributed by atoms with Crippen LogP contribution in [-0.4, -0.2) is 17.9 Å². The summed E-state index contributed by atoms with van der Waals surface area (Å²) in [7, 11) is 1.63. The molecule has 0 atom stereocenters. The maximum atomic E-state index is 11.4. The number of ketones is 1. The van der Waals surface area contributed by atoms with Gasteiger partial charge in [0, 0.05) is 15.9 Å². The van der Waals surface area contributed by atoms with Crippen LogP contribution in [0, 0.1) is 10.5 Å². The van der Waals surface area contributed by atoms with Gasteiger partial charge in [0.05, 0.1) is 18.3 Å². The molecule has 16 heavy (non-hydrogen) atoms. The van der Waals surface area contributed by atoms with Crippen molar-refractivity contribution in [3.05, 3.63) is 27.0 Å². The maximum absolute atomic E-state index is 11.4. The van der Waals surface area contributed by atoms with Crippen LogP contribution in [0.4, 0.5) is 0 Å². The molecule has 1 N–H and O–H groups in total. The summed E-state index contributed by atoms with van der Waals surface area (Å²) in [5, 5.41) is 1.05. The highest BCUT2D eigenvalue weighted by Gasteiger charge is 2.14. The molecule has 3 nitrogen and oxygen atoms in total. The number of ether oxygens (including phenoxy) is 1. The number of benzene rings is 1. The van der Waals surface area contributed by atoms with Gasteiger partial charge in [-0.15, -0.1) is 0 Å². The highest BCUT2D eigenvalue weighted by Crippen LogP contribution is 2.31. The second kappa shape index (κ2) is 4.08. The first kappa shape index (κ1) is 11.4. The van der Waals surface area contributed by atoms with Crippen LogP contribution in [0.5, 0.6) is 5.75 Å². The number of H-pyrrole nitrogens is 1. The van der Waals surface area contributed by atoms with E-state index in [-0.39, 0.29) is 5.78 Å². The third-order valence-corrected chi connectivity index (χ3v) is 3.29. The first-order valence-electron chi connectivity index (χ1n) is 4.91. The van der Waals surface area contributed by atoms with Crippen molar-refractivity contribution in [1.82, 2.24) is 4.98 Å². The Morgan fingerprint density at radius 3 is 2.69 bits per heavy atom. The summed E-state index contributed by atoms with van der Waals surface area (Å²) in [6, 6.07) is 4.00. The number of carbonyl (C=O) groups is 1. The number of hydrogen-bond acceptors (Lipinski definition) is 2. The number of hydrogen-bond donors (Lipinski definition) is 1. The molecule has 0 aliphatic heterocycles. The van der Waals surface area contributed by atoms with Gasteiger partial charge in [-0.05, 0) is 47.2 Å². The summed E-state index contributed by atoms with van der Waals surface area (Å²) >= 11 is 2.24.